The summed E-state index contributed by atoms with van der Waals surface area (Å²) >= 11 is 0. The van der Waals surface area contributed by atoms with Crippen LogP contribution in [0.5, 0.6) is 5.88 Å². The Morgan fingerprint density at radius 1 is 1.20 bits per heavy atom. The summed E-state index contributed by atoms with van der Waals surface area (Å²) in [4.78, 5) is 30.4. The first-order chi connectivity index (χ1) is 12.2. The molecule has 8 heteroatoms. The molecule has 2 aromatic rings. The van der Waals surface area contributed by atoms with Crippen LogP contribution in [-0.2, 0) is 11.3 Å². The first-order valence-corrected chi connectivity index (χ1v) is 8.29. The second-order valence-electron chi connectivity index (χ2n) is 5.87. The molecule has 3 heterocycles. The lowest BCUT2D eigenvalue weighted by Gasteiger charge is -2.27. The van der Waals surface area contributed by atoms with Crippen LogP contribution in [0.1, 0.15) is 19.3 Å². The second-order valence-corrected chi connectivity index (χ2v) is 5.87. The van der Waals surface area contributed by atoms with E-state index >= 15 is 0 Å². The molecule has 0 saturated carbocycles. The highest BCUT2D eigenvalue weighted by atomic mass is 16.5. The van der Waals surface area contributed by atoms with Crippen molar-refractivity contribution in [2.75, 3.05) is 30.4 Å². The van der Waals surface area contributed by atoms with Crippen molar-refractivity contribution in [3.05, 3.63) is 40.8 Å². The number of rotatable bonds is 5. The Labute approximate surface area is 145 Å². The van der Waals surface area contributed by atoms with Gasteiger partial charge in [0.05, 0.1) is 19.0 Å². The number of nitrogens with one attached hydrogen (secondary N) is 1. The van der Waals surface area contributed by atoms with Crippen molar-refractivity contribution in [2.24, 2.45) is 0 Å². The average molecular weight is 343 g/mol. The highest BCUT2D eigenvalue weighted by Crippen LogP contribution is 2.16. The summed E-state index contributed by atoms with van der Waals surface area (Å²) in [6, 6.07) is 6.51. The maximum absolute atomic E-state index is 12.2. The zero-order valence-electron chi connectivity index (χ0n) is 14.1. The number of methoxy groups -OCH3 is 1. The van der Waals surface area contributed by atoms with Crippen molar-refractivity contribution in [1.29, 1.82) is 0 Å². The van der Waals surface area contributed by atoms with Crippen LogP contribution in [0.3, 0.4) is 0 Å². The number of hydrogen-bond donors (Lipinski definition) is 1. The molecule has 0 unspecified atom stereocenters. The molecule has 0 aliphatic carbocycles. The third-order valence-electron chi connectivity index (χ3n) is 4.06. The Morgan fingerprint density at radius 2 is 2.00 bits per heavy atom. The minimum Gasteiger partial charge on any atom is -0.481 e. The number of nitrogens with zero attached hydrogens (tertiary/aromatic N) is 4. The van der Waals surface area contributed by atoms with Gasteiger partial charge in [-0.1, -0.05) is 0 Å². The van der Waals surface area contributed by atoms with Crippen LogP contribution >= 0.6 is 0 Å². The molecule has 1 amide bonds. The first-order valence-electron chi connectivity index (χ1n) is 8.29. The predicted molar refractivity (Wildman–Crippen MR) is 94.0 cm³/mol. The van der Waals surface area contributed by atoms with Gasteiger partial charge in [0, 0.05) is 25.2 Å². The maximum atomic E-state index is 12.2. The van der Waals surface area contributed by atoms with Crippen molar-refractivity contribution in [3.63, 3.8) is 0 Å². The zero-order valence-corrected chi connectivity index (χ0v) is 14.1. The van der Waals surface area contributed by atoms with Gasteiger partial charge in [0.15, 0.2) is 0 Å². The second kappa shape index (κ2) is 7.78. The van der Waals surface area contributed by atoms with Crippen molar-refractivity contribution < 1.29 is 9.53 Å². The van der Waals surface area contributed by atoms with Gasteiger partial charge >= 0.3 is 0 Å². The maximum Gasteiger partial charge on any atom is 0.267 e. The lowest BCUT2D eigenvalue weighted by Crippen LogP contribution is -2.34. The average Bonchev–Trinajstić information content (AvgIpc) is 2.65. The van der Waals surface area contributed by atoms with Gasteiger partial charge in [-0.2, -0.15) is 5.10 Å². The molecule has 132 valence electrons. The Kier molecular flexibility index (Phi) is 5.27. The number of ether oxygens (including phenoxy) is 1. The molecule has 0 aromatic carbocycles. The lowest BCUT2D eigenvalue weighted by atomic mass is 10.1. The molecular weight excluding hydrogens is 322 g/mol. The van der Waals surface area contributed by atoms with Gasteiger partial charge in [0.2, 0.25) is 11.8 Å². The number of aromatic nitrogens is 3. The van der Waals surface area contributed by atoms with E-state index in [9.17, 15) is 9.59 Å². The number of hydrogen-bond acceptors (Lipinski definition) is 6. The van der Waals surface area contributed by atoms with Crippen molar-refractivity contribution in [1.82, 2.24) is 14.8 Å². The monoisotopic (exact) mass is 343 g/mol. The fourth-order valence-electron chi connectivity index (χ4n) is 2.75. The topological polar surface area (TPSA) is 89.4 Å². The molecular formula is C17H21N5O3. The summed E-state index contributed by atoms with van der Waals surface area (Å²) in [5.74, 6) is 0.862. The van der Waals surface area contributed by atoms with Crippen LogP contribution in [-0.4, -0.2) is 40.9 Å². The molecule has 0 atom stereocenters. The van der Waals surface area contributed by atoms with E-state index in [-0.39, 0.29) is 18.0 Å². The molecule has 0 bridgehead atoms. The van der Waals surface area contributed by atoms with Crippen LogP contribution in [0, 0.1) is 0 Å². The molecule has 1 aliphatic rings. The Balaban J connectivity index is 1.68. The van der Waals surface area contributed by atoms with Crippen LogP contribution in [0.4, 0.5) is 11.5 Å². The van der Waals surface area contributed by atoms with Crippen LogP contribution in [0.2, 0.25) is 0 Å². The number of pyridine rings is 1. The van der Waals surface area contributed by atoms with Crippen molar-refractivity contribution in [2.45, 2.75) is 25.8 Å². The highest BCUT2D eigenvalue weighted by Gasteiger charge is 2.14. The largest absolute Gasteiger partial charge is 0.481 e. The molecule has 0 radical (unpaired) electrons. The van der Waals surface area contributed by atoms with Gasteiger partial charge in [0.25, 0.3) is 5.56 Å². The van der Waals surface area contributed by atoms with E-state index in [1.165, 1.54) is 30.5 Å². The van der Waals surface area contributed by atoms with Gasteiger partial charge in [-0.25, -0.2) is 9.67 Å². The number of piperidine rings is 1. The number of anilines is 2. The molecule has 2 aromatic heterocycles. The molecule has 8 nitrogen and oxygen atoms in total. The molecule has 0 spiro atoms. The van der Waals surface area contributed by atoms with Gasteiger partial charge < -0.3 is 15.0 Å². The molecule has 1 saturated heterocycles. The van der Waals surface area contributed by atoms with Gasteiger partial charge in [-0.3, -0.25) is 9.59 Å². The van der Waals surface area contributed by atoms with E-state index in [0.29, 0.717) is 11.6 Å². The molecule has 1 fully saturated rings. The van der Waals surface area contributed by atoms with E-state index in [4.69, 9.17) is 4.74 Å². The van der Waals surface area contributed by atoms with Crippen molar-refractivity contribution in [3.8, 4) is 5.88 Å². The van der Waals surface area contributed by atoms with Crippen LogP contribution in [0.15, 0.2) is 35.3 Å². The smallest absolute Gasteiger partial charge is 0.267 e. The van der Waals surface area contributed by atoms with Crippen LogP contribution < -0.4 is 20.5 Å². The lowest BCUT2D eigenvalue weighted by molar-refractivity contribution is -0.117. The minimum atomic E-state index is -0.336. The van der Waals surface area contributed by atoms with E-state index in [0.717, 1.165) is 31.7 Å². The predicted octanol–water partition coefficient (Wildman–Crippen LogP) is 1.28. The van der Waals surface area contributed by atoms with Crippen molar-refractivity contribution >= 4 is 17.4 Å². The third-order valence-corrected chi connectivity index (χ3v) is 4.06. The summed E-state index contributed by atoms with van der Waals surface area (Å²) in [6.07, 6.45) is 4.95. The van der Waals surface area contributed by atoms with E-state index in [1.807, 2.05) is 0 Å². The number of amides is 1. The highest BCUT2D eigenvalue weighted by molar-refractivity contribution is 5.90. The third kappa shape index (κ3) is 4.34. The summed E-state index contributed by atoms with van der Waals surface area (Å²) in [5.41, 5.74) is 0.231. The summed E-state index contributed by atoms with van der Waals surface area (Å²) in [5, 5.41) is 7.04. The fourth-order valence-corrected chi connectivity index (χ4v) is 2.75. The molecule has 1 aliphatic heterocycles. The van der Waals surface area contributed by atoms with Crippen LogP contribution in [0.25, 0.3) is 0 Å². The van der Waals surface area contributed by atoms with Gasteiger partial charge in [-0.05, 0) is 31.4 Å². The SMILES string of the molecule is COc1ccc(NC(=O)Cn2nc(N3CCCCC3)ccc2=O)cn1. The fraction of sp³-hybridized carbons (Fsp3) is 0.412. The van der Waals surface area contributed by atoms with E-state index < -0.39 is 0 Å². The Morgan fingerprint density at radius 3 is 2.68 bits per heavy atom. The Hall–Kier alpha value is -2.90. The summed E-state index contributed by atoms with van der Waals surface area (Å²) in [7, 11) is 1.52. The van der Waals surface area contributed by atoms with Gasteiger partial charge in [-0.15, -0.1) is 0 Å². The zero-order chi connectivity index (χ0) is 17.6. The molecule has 3 rings (SSSR count). The Bertz CT molecular complexity index is 782. The number of carbonyl (C=O) groups excluding carboxylic acids is 1. The minimum absolute atomic E-state index is 0.146. The summed E-state index contributed by atoms with van der Waals surface area (Å²) in [6.45, 7) is 1.70. The quantitative estimate of drug-likeness (QED) is 0.879. The molecule has 25 heavy (non-hydrogen) atoms. The standard InChI is InChI=1S/C17H21N5O3/c1-25-16-7-5-13(11-18-16)19-15(23)12-22-17(24)8-6-14(20-22)21-9-3-2-4-10-21/h5-8,11H,2-4,9-10,12H2,1H3,(H,19,23). The number of carbonyl (C=O) groups is 1. The van der Waals surface area contributed by atoms with E-state index in [2.05, 4.69) is 20.3 Å². The first kappa shape index (κ1) is 16.9. The van der Waals surface area contributed by atoms with E-state index in [1.54, 1.807) is 18.2 Å². The normalized spacial score (nSPS) is 14.2. The summed E-state index contributed by atoms with van der Waals surface area (Å²) < 4.78 is 6.16. The molecule has 1 N–H and O–H groups in total. The van der Waals surface area contributed by atoms with Gasteiger partial charge in [0.1, 0.15) is 12.4 Å².